The second-order valence-corrected chi connectivity index (χ2v) is 5.00. The van der Waals surface area contributed by atoms with Crippen molar-refractivity contribution in [2.24, 2.45) is 0 Å². The van der Waals surface area contributed by atoms with Gasteiger partial charge in [-0.05, 0) is 19.3 Å². The zero-order valence-electron chi connectivity index (χ0n) is 11.3. The zero-order chi connectivity index (χ0) is 14.9. The lowest BCUT2D eigenvalue weighted by atomic mass is 10.2. The zero-order valence-corrected chi connectivity index (χ0v) is 12.1. The summed E-state index contributed by atoms with van der Waals surface area (Å²) >= 11 is 6.21. The Morgan fingerprint density at radius 2 is 2.20 bits per heavy atom. The van der Waals surface area contributed by atoms with Gasteiger partial charge < -0.3 is 14.7 Å². The highest BCUT2D eigenvalue weighted by atomic mass is 35.5. The van der Waals surface area contributed by atoms with Crippen LogP contribution in [0.15, 0.2) is 0 Å². The second-order valence-electron chi connectivity index (χ2n) is 4.64. The number of carboxylic acid groups (broad SMARTS) is 1. The van der Waals surface area contributed by atoms with Crippen molar-refractivity contribution in [1.29, 1.82) is 0 Å². The van der Waals surface area contributed by atoms with Crippen molar-refractivity contribution in [2.45, 2.75) is 32.4 Å². The number of rotatable bonds is 3. The number of aromatic nitrogens is 2. The minimum atomic E-state index is -1.23. The topological polar surface area (TPSA) is 84.7 Å². The van der Waals surface area contributed by atoms with Crippen molar-refractivity contribution in [1.82, 2.24) is 9.78 Å². The molecule has 0 aliphatic carbocycles. The highest BCUT2D eigenvalue weighted by molar-refractivity contribution is 6.33. The molecule has 1 atom stereocenters. The fourth-order valence-electron chi connectivity index (χ4n) is 2.11. The number of nitrogens with zero attached hydrogens (tertiary/aromatic N) is 3. The first-order chi connectivity index (χ1) is 9.43. The lowest BCUT2D eigenvalue weighted by Crippen LogP contribution is -2.24. The van der Waals surface area contributed by atoms with E-state index in [1.54, 1.807) is 0 Å². The van der Waals surface area contributed by atoms with Crippen molar-refractivity contribution in [3.8, 4) is 0 Å². The van der Waals surface area contributed by atoms with E-state index in [4.69, 9.17) is 16.3 Å². The Hall–Kier alpha value is -1.60. The highest BCUT2D eigenvalue weighted by Crippen LogP contribution is 2.34. The molecule has 8 heteroatoms. The van der Waals surface area contributed by atoms with Crippen LogP contribution in [0.4, 0.5) is 5.69 Å². The average molecular weight is 302 g/mol. The van der Waals surface area contributed by atoms with Gasteiger partial charge >= 0.3 is 5.97 Å². The van der Waals surface area contributed by atoms with Gasteiger partial charge in [-0.1, -0.05) is 11.6 Å². The van der Waals surface area contributed by atoms with Crippen LogP contribution in [-0.2, 0) is 9.53 Å². The number of carbonyl (C=O) groups is 2. The van der Waals surface area contributed by atoms with E-state index in [0.29, 0.717) is 13.0 Å². The quantitative estimate of drug-likeness (QED) is 0.922. The first-order valence-corrected chi connectivity index (χ1v) is 6.68. The van der Waals surface area contributed by atoms with E-state index in [2.05, 4.69) is 5.10 Å². The number of hydrogen-bond acceptors (Lipinski definition) is 4. The number of ether oxygens (including phenoxy) is 1. The summed E-state index contributed by atoms with van der Waals surface area (Å²) in [5, 5.41) is 13.3. The van der Waals surface area contributed by atoms with Crippen LogP contribution < -0.4 is 4.90 Å². The molecule has 0 saturated carbocycles. The Labute approximate surface area is 121 Å². The third-order valence-corrected chi connectivity index (χ3v) is 3.62. The maximum absolute atomic E-state index is 11.5. The number of aromatic carboxylic acids is 1. The van der Waals surface area contributed by atoms with E-state index in [-0.39, 0.29) is 28.7 Å². The number of hydrogen-bond donors (Lipinski definition) is 1. The number of carboxylic acids is 1. The molecule has 7 nitrogen and oxygen atoms in total. The number of amides is 1. The third-order valence-electron chi connectivity index (χ3n) is 3.27. The lowest BCUT2D eigenvalue weighted by molar-refractivity contribution is -0.116. The number of halogens is 1. The molecule has 0 radical (unpaired) electrons. The van der Waals surface area contributed by atoms with Gasteiger partial charge in [0, 0.05) is 20.6 Å². The molecule has 1 fully saturated rings. The standard InChI is InChI=1S/C12H16ClN3O4/c1-7(17)15(2)10-9(12(18)19)14-16(11(10)13)8-5-3-4-6-20-8/h8H,3-6H2,1-2H3,(H,18,19). The summed E-state index contributed by atoms with van der Waals surface area (Å²) in [5.74, 6) is -1.55. The molecule has 1 N–H and O–H groups in total. The van der Waals surface area contributed by atoms with Crippen LogP contribution in [0.3, 0.4) is 0 Å². The summed E-state index contributed by atoms with van der Waals surface area (Å²) in [6.07, 6.45) is 2.25. The maximum Gasteiger partial charge on any atom is 0.358 e. The molecule has 0 aromatic carbocycles. The molecule has 2 heterocycles. The Kier molecular flexibility index (Phi) is 4.29. The molecule has 2 rings (SSSR count). The Bertz CT molecular complexity index is 537. The lowest BCUT2D eigenvalue weighted by Gasteiger charge is -2.23. The second kappa shape index (κ2) is 5.80. The first kappa shape index (κ1) is 14.8. The molecule has 1 saturated heterocycles. The molecular weight excluding hydrogens is 286 g/mol. The minimum Gasteiger partial charge on any atom is -0.476 e. The van der Waals surface area contributed by atoms with Crippen LogP contribution in [-0.4, -0.2) is 40.4 Å². The van der Waals surface area contributed by atoms with Gasteiger partial charge in [0.1, 0.15) is 5.69 Å². The van der Waals surface area contributed by atoms with Gasteiger partial charge in [0.05, 0.1) is 0 Å². The molecule has 110 valence electrons. The van der Waals surface area contributed by atoms with E-state index in [0.717, 1.165) is 12.8 Å². The Morgan fingerprint density at radius 1 is 1.50 bits per heavy atom. The molecule has 1 aliphatic heterocycles. The number of anilines is 1. The SMILES string of the molecule is CC(=O)N(C)c1c(C(=O)O)nn(C2CCCCO2)c1Cl. The molecular formula is C12H16ClN3O4. The summed E-state index contributed by atoms with van der Waals surface area (Å²) < 4.78 is 6.90. The van der Waals surface area contributed by atoms with Crippen LogP contribution in [0.5, 0.6) is 0 Å². The van der Waals surface area contributed by atoms with Gasteiger partial charge in [-0.25, -0.2) is 9.48 Å². The fourth-order valence-corrected chi connectivity index (χ4v) is 2.47. The summed E-state index contributed by atoms with van der Waals surface area (Å²) in [4.78, 5) is 23.9. The number of carbonyl (C=O) groups excluding carboxylic acids is 1. The van der Waals surface area contributed by atoms with E-state index in [9.17, 15) is 14.7 Å². The Morgan fingerprint density at radius 3 is 2.70 bits per heavy atom. The summed E-state index contributed by atoms with van der Waals surface area (Å²) in [6.45, 7) is 1.91. The monoisotopic (exact) mass is 301 g/mol. The first-order valence-electron chi connectivity index (χ1n) is 6.30. The van der Waals surface area contributed by atoms with E-state index < -0.39 is 5.97 Å². The smallest absolute Gasteiger partial charge is 0.358 e. The fraction of sp³-hybridized carbons (Fsp3) is 0.583. The van der Waals surface area contributed by atoms with Crippen molar-refractivity contribution >= 4 is 29.2 Å². The van der Waals surface area contributed by atoms with Crippen molar-refractivity contribution in [3.63, 3.8) is 0 Å². The molecule has 0 spiro atoms. The van der Waals surface area contributed by atoms with Crippen LogP contribution in [0.1, 0.15) is 42.9 Å². The summed E-state index contributed by atoms with van der Waals surface area (Å²) in [6, 6.07) is 0. The van der Waals surface area contributed by atoms with E-state index in [1.165, 1.54) is 23.6 Å². The highest BCUT2D eigenvalue weighted by Gasteiger charge is 2.30. The normalized spacial score (nSPS) is 18.9. The van der Waals surface area contributed by atoms with Gasteiger partial charge in [-0.2, -0.15) is 5.10 Å². The van der Waals surface area contributed by atoms with Gasteiger partial charge in [0.2, 0.25) is 5.91 Å². The van der Waals surface area contributed by atoms with Gasteiger partial charge in [0.25, 0.3) is 0 Å². The van der Waals surface area contributed by atoms with Crippen LogP contribution in [0.2, 0.25) is 5.15 Å². The summed E-state index contributed by atoms with van der Waals surface area (Å²) in [5.41, 5.74) is -0.150. The predicted molar refractivity (Wildman–Crippen MR) is 72.1 cm³/mol. The van der Waals surface area contributed by atoms with Gasteiger partial charge in [-0.15, -0.1) is 0 Å². The molecule has 1 aromatic rings. The van der Waals surface area contributed by atoms with Gasteiger partial charge in [-0.3, -0.25) is 4.79 Å². The Balaban J connectivity index is 2.47. The summed E-state index contributed by atoms with van der Waals surface area (Å²) in [7, 11) is 1.46. The van der Waals surface area contributed by atoms with Crippen LogP contribution in [0.25, 0.3) is 0 Å². The molecule has 0 bridgehead atoms. The predicted octanol–water partition coefficient (Wildman–Crippen LogP) is 1.92. The molecule has 1 unspecified atom stereocenters. The van der Waals surface area contributed by atoms with Crippen molar-refractivity contribution < 1.29 is 19.4 Å². The van der Waals surface area contributed by atoms with Crippen molar-refractivity contribution in [2.75, 3.05) is 18.6 Å². The third kappa shape index (κ3) is 2.64. The largest absolute Gasteiger partial charge is 0.476 e. The van der Waals surface area contributed by atoms with Gasteiger partial charge in [0.15, 0.2) is 17.1 Å². The maximum atomic E-state index is 11.5. The van der Waals surface area contributed by atoms with Crippen molar-refractivity contribution in [3.05, 3.63) is 10.8 Å². The molecule has 20 heavy (non-hydrogen) atoms. The molecule has 1 amide bonds. The van der Waals surface area contributed by atoms with E-state index in [1.807, 2.05) is 0 Å². The minimum absolute atomic E-state index is 0.0980. The van der Waals surface area contributed by atoms with E-state index >= 15 is 0 Å². The average Bonchev–Trinajstić information content (AvgIpc) is 2.76. The molecule has 1 aliphatic rings. The van der Waals surface area contributed by atoms with Crippen LogP contribution >= 0.6 is 11.6 Å². The van der Waals surface area contributed by atoms with Crippen LogP contribution in [0, 0.1) is 0 Å². The molecule has 1 aromatic heterocycles.